The summed E-state index contributed by atoms with van der Waals surface area (Å²) in [5, 5.41) is 9.24. The van der Waals surface area contributed by atoms with Gasteiger partial charge in [-0.05, 0) is 42.8 Å². The highest BCUT2D eigenvalue weighted by Gasteiger charge is 2.10. The predicted molar refractivity (Wildman–Crippen MR) is 79.3 cm³/mol. The summed E-state index contributed by atoms with van der Waals surface area (Å²) in [6.45, 7) is 1.81. The molecule has 5 heteroatoms. The molecule has 0 radical (unpaired) electrons. The van der Waals surface area contributed by atoms with Gasteiger partial charge in [-0.15, -0.1) is 0 Å². The van der Waals surface area contributed by atoms with Crippen molar-refractivity contribution in [2.75, 3.05) is 0 Å². The van der Waals surface area contributed by atoms with Crippen LogP contribution in [-0.4, -0.2) is 11.1 Å². The van der Waals surface area contributed by atoms with Crippen LogP contribution in [-0.2, 0) is 4.79 Å². The van der Waals surface area contributed by atoms with E-state index in [-0.39, 0.29) is 5.75 Å². The minimum atomic E-state index is -1.12. The smallest absolute Gasteiger partial charge is 0.328 e. The Balaban J connectivity index is 2.38. The number of benzene rings is 2. The Labute approximate surface area is 126 Å². The summed E-state index contributed by atoms with van der Waals surface area (Å²) in [4.78, 5) is 10.6. The van der Waals surface area contributed by atoms with Gasteiger partial charge in [0.15, 0.2) is 11.6 Å². The third-order valence-electron chi connectivity index (χ3n) is 2.75. The van der Waals surface area contributed by atoms with E-state index >= 15 is 0 Å². The van der Waals surface area contributed by atoms with Gasteiger partial charge in [0.2, 0.25) is 0 Å². The molecule has 0 atom stereocenters. The standard InChI is InChI=1S/C16H12ClFO3/c1-10-9-12(6-7-13(10)17)21-16-11(5-8-15(19)20)3-2-4-14(16)18/h2-9H,1H3,(H,19,20)/b8-5+. The molecule has 0 saturated carbocycles. The van der Waals surface area contributed by atoms with Crippen molar-refractivity contribution in [2.24, 2.45) is 0 Å². The van der Waals surface area contributed by atoms with Crippen molar-refractivity contribution in [2.45, 2.75) is 6.92 Å². The van der Waals surface area contributed by atoms with Gasteiger partial charge in [0, 0.05) is 16.7 Å². The van der Waals surface area contributed by atoms with E-state index in [1.54, 1.807) is 24.3 Å². The lowest BCUT2D eigenvalue weighted by Gasteiger charge is -2.11. The summed E-state index contributed by atoms with van der Waals surface area (Å²) in [5.41, 5.74) is 1.14. The maximum Gasteiger partial charge on any atom is 0.328 e. The van der Waals surface area contributed by atoms with Crippen LogP contribution in [0.4, 0.5) is 4.39 Å². The topological polar surface area (TPSA) is 46.5 Å². The number of rotatable bonds is 4. The van der Waals surface area contributed by atoms with E-state index in [9.17, 15) is 9.18 Å². The van der Waals surface area contributed by atoms with E-state index in [0.717, 1.165) is 11.6 Å². The van der Waals surface area contributed by atoms with E-state index in [0.29, 0.717) is 16.3 Å². The molecular formula is C16H12ClFO3. The second-order valence-electron chi connectivity index (χ2n) is 4.34. The first-order chi connectivity index (χ1) is 9.97. The van der Waals surface area contributed by atoms with Gasteiger partial charge in [0.05, 0.1) is 0 Å². The third kappa shape index (κ3) is 3.83. The quantitative estimate of drug-likeness (QED) is 0.834. The lowest BCUT2D eigenvalue weighted by atomic mass is 10.1. The fraction of sp³-hybridized carbons (Fsp3) is 0.0625. The number of aryl methyl sites for hydroxylation is 1. The maximum atomic E-state index is 13.9. The van der Waals surface area contributed by atoms with E-state index in [1.165, 1.54) is 18.2 Å². The fourth-order valence-electron chi connectivity index (χ4n) is 1.72. The van der Waals surface area contributed by atoms with Gasteiger partial charge in [0.25, 0.3) is 0 Å². The molecule has 1 N–H and O–H groups in total. The van der Waals surface area contributed by atoms with Crippen molar-refractivity contribution in [1.82, 2.24) is 0 Å². The van der Waals surface area contributed by atoms with Crippen LogP contribution in [0.25, 0.3) is 6.08 Å². The Bertz CT molecular complexity index is 711. The molecule has 0 amide bonds. The van der Waals surface area contributed by atoms with Gasteiger partial charge in [-0.25, -0.2) is 9.18 Å². The van der Waals surface area contributed by atoms with Crippen molar-refractivity contribution in [3.8, 4) is 11.5 Å². The normalized spacial score (nSPS) is 10.8. The highest BCUT2D eigenvalue weighted by Crippen LogP contribution is 2.31. The van der Waals surface area contributed by atoms with Crippen molar-refractivity contribution < 1.29 is 19.0 Å². The SMILES string of the molecule is Cc1cc(Oc2c(F)cccc2/C=C/C(=O)O)ccc1Cl. The zero-order valence-electron chi connectivity index (χ0n) is 11.1. The van der Waals surface area contributed by atoms with Crippen molar-refractivity contribution in [3.63, 3.8) is 0 Å². The monoisotopic (exact) mass is 306 g/mol. The number of aliphatic carboxylic acids is 1. The molecule has 0 aromatic heterocycles. The molecule has 0 aliphatic heterocycles. The molecule has 0 aliphatic carbocycles. The first kappa shape index (κ1) is 15.1. The van der Waals surface area contributed by atoms with E-state index in [4.69, 9.17) is 21.4 Å². The third-order valence-corrected chi connectivity index (χ3v) is 3.18. The zero-order valence-corrected chi connectivity index (χ0v) is 11.9. The Kier molecular flexibility index (Phi) is 4.60. The Morgan fingerprint density at radius 3 is 2.76 bits per heavy atom. The minimum absolute atomic E-state index is 0.0308. The van der Waals surface area contributed by atoms with E-state index in [2.05, 4.69) is 0 Å². The number of para-hydroxylation sites is 1. The number of hydrogen-bond donors (Lipinski definition) is 1. The summed E-state index contributed by atoms with van der Waals surface area (Å²) in [7, 11) is 0. The molecule has 108 valence electrons. The highest BCUT2D eigenvalue weighted by molar-refractivity contribution is 6.31. The van der Waals surface area contributed by atoms with E-state index < -0.39 is 11.8 Å². The van der Waals surface area contributed by atoms with Crippen LogP contribution in [0.3, 0.4) is 0 Å². The molecule has 0 spiro atoms. The first-order valence-corrected chi connectivity index (χ1v) is 6.48. The second kappa shape index (κ2) is 6.41. The van der Waals surface area contributed by atoms with Crippen LogP contribution in [0.2, 0.25) is 5.02 Å². The number of carbonyl (C=O) groups is 1. The minimum Gasteiger partial charge on any atom is -0.478 e. The number of ether oxygens (including phenoxy) is 1. The summed E-state index contributed by atoms with van der Waals surface area (Å²) in [6, 6.07) is 9.25. The molecule has 2 aromatic rings. The van der Waals surface area contributed by atoms with Crippen LogP contribution >= 0.6 is 11.6 Å². The lowest BCUT2D eigenvalue weighted by molar-refractivity contribution is -0.131. The second-order valence-corrected chi connectivity index (χ2v) is 4.75. The largest absolute Gasteiger partial charge is 0.478 e. The summed E-state index contributed by atoms with van der Waals surface area (Å²) in [6.07, 6.45) is 2.21. The van der Waals surface area contributed by atoms with Crippen LogP contribution in [0, 0.1) is 12.7 Å². The van der Waals surface area contributed by atoms with Crippen LogP contribution in [0.15, 0.2) is 42.5 Å². The average Bonchev–Trinajstić information content (AvgIpc) is 2.43. The number of carboxylic acids is 1. The molecule has 0 aliphatic rings. The van der Waals surface area contributed by atoms with Gasteiger partial charge in [-0.2, -0.15) is 0 Å². The van der Waals surface area contributed by atoms with Crippen molar-refractivity contribution >= 4 is 23.6 Å². The Morgan fingerprint density at radius 2 is 2.10 bits per heavy atom. The van der Waals surface area contributed by atoms with Gasteiger partial charge in [0.1, 0.15) is 5.75 Å². The summed E-state index contributed by atoms with van der Waals surface area (Å²) >= 11 is 5.92. The van der Waals surface area contributed by atoms with Gasteiger partial charge >= 0.3 is 5.97 Å². The van der Waals surface area contributed by atoms with Crippen LogP contribution in [0.1, 0.15) is 11.1 Å². The molecular weight excluding hydrogens is 295 g/mol. The van der Waals surface area contributed by atoms with Crippen molar-refractivity contribution in [3.05, 3.63) is 64.4 Å². The predicted octanol–water partition coefficient (Wildman–Crippen LogP) is 4.68. The maximum absolute atomic E-state index is 13.9. The zero-order chi connectivity index (χ0) is 15.4. The van der Waals surface area contributed by atoms with Gasteiger partial charge < -0.3 is 9.84 Å². The average molecular weight is 307 g/mol. The molecule has 2 aromatic carbocycles. The molecule has 3 nitrogen and oxygen atoms in total. The fourth-order valence-corrected chi connectivity index (χ4v) is 1.84. The number of carboxylic acid groups (broad SMARTS) is 1. The molecule has 0 unspecified atom stereocenters. The van der Waals surface area contributed by atoms with Crippen LogP contribution < -0.4 is 4.74 Å². The van der Waals surface area contributed by atoms with Crippen molar-refractivity contribution in [1.29, 1.82) is 0 Å². The van der Waals surface area contributed by atoms with E-state index in [1.807, 2.05) is 6.92 Å². The summed E-state index contributed by atoms with van der Waals surface area (Å²) < 4.78 is 19.4. The lowest BCUT2D eigenvalue weighted by Crippen LogP contribution is -1.93. The van der Waals surface area contributed by atoms with Gasteiger partial charge in [-0.1, -0.05) is 23.7 Å². The number of hydrogen-bond acceptors (Lipinski definition) is 2. The summed E-state index contributed by atoms with van der Waals surface area (Å²) in [5.74, 6) is -1.30. The molecule has 21 heavy (non-hydrogen) atoms. The first-order valence-electron chi connectivity index (χ1n) is 6.11. The van der Waals surface area contributed by atoms with Crippen LogP contribution in [0.5, 0.6) is 11.5 Å². The van der Waals surface area contributed by atoms with Gasteiger partial charge in [-0.3, -0.25) is 0 Å². The molecule has 0 fully saturated rings. The molecule has 0 heterocycles. The Morgan fingerprint density at radius 1 is 1.33 bits per heavy atom. The molecule has 2 rings (SSSR count). The molecule has 0 saturated heterocycles. The Hall–Kier alpha value is -2.33. The highest BCUT2D eigenvalue weighted by atomic mass is 35.5. The number of halogens is 2. The molecule has 0 bridgehead atoms.